The summed E-state index contributed by atoms with van der Waals surface area (Å²) in [5.74, 6) is 3.26. The molecule has 2 heteroatoms. The van der Waals surface area contributed by atoms with E-state index in [1.54, 1.807) is 0 Å². The highest BCUT2D eigenvalue weighted by molar-refractivity contribution is 5.84. The molecule has 1 aromatic carbocycles. The number of para-hydroxylation sites is 1. The molecule has 0 amide bonds. The summed E-state index contributed by atoms with van der Waals surface area (Å²) in [6.45, 7) is 0. The molecule has 0 aromatic heterocycles. The van der Waals surface area contributed by atoms with Crippen molar-refractivity contribution < 1.29 is 5.11 Å². The molecule has 0 aliphatic heterocycles. The third-order valence-electron chi connectivity index (χ3n) is 7.43. The first-order valence-electron chi connectivity index (χ1n) is 10.1. The highest BCUT2D eigenvalue weighted by Crippen LogP contribution is 2.61. The first-order valence-corrected chi connectivity index (χ1v) is 10.1. The molecule has 0 heterocycles. The first kappa shape index (κ1) is 15.0. The number of aromatic hydroxyl groups is 1. The number of rotatable bonds is 3. The minimum Gasteiger partial charge on any atom is -0.507 e. The van der Waals surface area contributed by atoms with Crippen molar-refractivity contribution in [3.8, 4) is 5.75 Å². The molecule has 128 valence electrons. The lowest BCUT2D eigenvalue weighted by atomic mass is 9.48. The zero-order valence-electron chi connectivity index (χ0n) is 14.6. The van der Waals surface area contributed by atoms with Crippen LogP contribution >= 0.6 is 0 Å². The summed E-state index contributed by atoms with van der Waals surface area (Å²) in [7, 11) is 0. The molecule has 5 aliphatic carbocycles. The van der Waals surface area contributed by atoms with Crippen LogP contribution in [0.1, 0.15) is 75.3 Å². The van der Waals surface area contributed by atoms with Crippen LogP contribution < -0.4 is 0 Å². The van der Waals surface area contributed by atoms with Gasteiger partial charge >= 0.3 is 0 Å². The van der Waals surface area contributed by atoms with Gasteiger partial charge in [0.15, 0.2) is 0 Å². The van der Waals surface area contributed by atoms with E-state index in [2.05, 4.69) is 12.1 Å². The van der Waals surface area contributed by atoms with Gasteiger partial charge in [0.1, 0.15) is 5.75 Å². The Morgan fingerprint density at radius 2 is 1.58 bits per heavy atom. The Morgan fingerprint density at radius 1 is 0.958 bits per heavy atom. The number of hydrogen-bond acceptors (Lipinski definition) is 2. The van der Waals surface area contributed by atoms with Crippen molar-refractivity contribution in [3.63, 3.8) is 0 Å². The van der Waals surface area contributed by atoms with E-state index in [0.29, 0.717) is 11.8 Å². The fourth-order valence-corrected chi connectivity index (χ4v) is 6.77. The standard InChI is InChI=1S/C22H29NO/c24-21-18(14-23-19-5-1-2-6-19)4-3-7-20(21)22-11-15-8-16(12-22)10-17(9-15)13-22/h3-4,7,14-17,19,24H,1-2,5-6,8-13H2. The number of nitrogens with zero attached hydrogens (tertiary/aromatic N) is 1. The second-order valence-corrected chi connectivity index (χ2v) is 9.16. The van der Waals surface area contributed by atoms with Gasteiger partial charge in [0.25, 0.3) is 0 Å². The number of benzene rings is 1. The zero-order chi connectivity index (χ0) is 16.1. The van der Waals surface area contributed by atoms with Crippen LogP contribution in [0, 0.1) is 17.8 Å². The van der Waals surface area contributed by atoms with Crippen molar-refractivity contribution in [2.75, 3.05) is 0 Å². The second kappa shape index (κ2) is 5.61. The zero-order valence-corrected chi connectivity index (χ0v) is 14.6. The van der Waals surface area contributed by atoms with Gasteiger partial charge in [-0.2, -0.15) is 0 Å². The number of phenolic OH excluding ortho intramolecular Hbond substituents is 1. The molecule has 0 atom stereocenters. The van der Waals surface area contributed by atoms with Gasteiger partial charge in [0.2, 0.25) is 0 Å². The topological polar surface area (TPSA) is 32.6 Å². The van der Waals surface area contributed by atoms with Gasteiger partial charge in [-0.25, -0.2) is 0 Å². The second-order valence-electron chi connectivity index (χ2n) is 9.16. The van der Waals surface area contributed by atoms with Gasteiger partial charge in [0, 0.05) is 23.4 Å². The lowest BCUT2D eigenvalue weighted by Crippen LogP contribution is -2.48. The molecular weight excluding hydrogens is 294 g/mol. The molecule has 0 spiro atoms. The van der Waals surface area contributed by atoms with Crippen LogP contribution in [0.15, 0.2) is 23.2 Å². The molecule has 4 bridgehead atoms. The van der Waals surface area contributed by atoms with Crippen molar-refractivity contribution >= 4 is 6.21 Å². The fraction of sp³-hybridized carbons (Fsp3) is 0.682. The van der Waals surface area contributed by atoms with Gasteiger partial charge in [-0.05, 0) is 80.6 Å². The van der Waals surface area contributed by atoms with Crippen LogP contribution in [0.3, 0.4) is 0 Å². The summed E-state index contributed by atoms with van der Waals surface area (Å²) >= 11 is 0. The summed E-state index contributed by atoms with van der Waals surface area (Å²) in [6.07, 6.45) is 15.2. The minimum atomic E-state index is 0.260. The highest BCUT2D eigenvalue weighted by atomic mass is 16.3. The van der Waals surface area contributed by atoms with Crippen molar-refractivity contribution in [2.24, 2.45) is 22.7 Å². The SMILES string of the molecule is Oc1c(C=NC2CCCC2)cccc1C12CC3CC(CC(C3)C1)C2. The summed E-state index contributed by atoms with van der Waals surface area (Å²) in [5, 5.41) is 11.0. The maximum atomic E-state index is 11.0. The van der Waals surface area contributed by atoms with Crippen molar-refractivity contribution in [3.05, 3.63) is 29.3 Å². The molecule has 24 heavy (non-hydrogen) atoms. The van der Waals surface area contributed by atoms with E-state index in [1.807, 2.05) is 12.3 Å². The summed E-state index contributed by atoms with van der Waals surface area (Å²) in [4.78, 5) is 4.76. The summed E-state index contributed by atoms with van der Waals surface area (Å²) in [5.41, 5.74) is 2.43. The van der Waals surface area contributed by atoms with Gasteiger partial charge in [-0.1, -0.05) is 25.0 Å². The van der Waals surface area contributed by atoms with Crippen LogP contribution in [-0.2, 0) is 5.41 Å². The molecule has 5 fully saturated rings. The van der Waals surface area contributed by atoms with E-state index in [4.69, 9.17) is 4.99 Å². The largest absolute Gasteiger partial charge is 0.507 e. The molecule has 1 N–H and O–H groups in total. The Hall–Kier alpha value is -1.31. The number of aliphatic imine (C=N–C) groups is 1. The van der Waals surface area contributed by atoms with Gasteiger partial charge in [-0.15, -0.1) is 0 Å². The summed E-state index contributed by atoms with van der Waals surface area (Å²) in [6, 6.07) is 6.86. The van der Waals surface area contributed by atoms with E-state index >= 15 is 0 Å². The van der Waals surface area contributed by atoms with Gasteiger partial charge in [0.05, 0.1) is 0 Å². The van der Waals surface area contributed by atoms with E-state index < -0.39 is 0 Å². The summed E-state index contributed by atoms with van der Waals surface area (Å²) < 4.78 is 0. The van der Waals surface area contributed by atoms with E-state index in [-0.39, 0.29) is 5.41 Å². The monoisotopic (exact) mass is 323 g/mol. The Morgan fingerprint density at radius 3 is 2.21 bits per heavy atom. The van der Waals surface area contributed by atoms with Gasteiger partial charge < -0.3 is 5.11 Å². The lowest BCUT2D eigenvalue weighted by Gasteiger charge is -2.57. The predicted molar refractivity (Wildman–Crippen MR) is 97.8 cm³/mol. The van der Waals surface area contributed by atoms with Crippen LogP contribution in [0.5, 0.6) is 5.75 Å². The van der Waals surface area contributed by atoms with Crippen molar-refractivity contribution in [1.29, 1.82) is 0 Å². The minimum absolute atomic E-state index is 0.260. The molecule has 0 radical (unpaired) electrons. The molecule has 1 aromatic rings. The van der Waals surface area contributed by atoms with Crippen molar-refractivity contribution in [1.82, 2.24) is 0 Å². The van der Waals surface area contributed by atoms with E-state index in [1.165, 1.54) is 69.8 Å². The van der Waals surface area contributed by atoms with E-state index in [9.17, 15) is 5.11 Å². The van der Waals surface area contributed by atoms with Crippen LogP contribution in [0.25, 0.3) is 0 Å². The molecule has 0 unspecified atom stereocenters. The average Bonchev–Trinajstić information content (AvgIpc) is 3.06. The number of hydrogen-bond donors (Lipinski definition) is 1. The molecule has 6 rings (SSSR count). The third kappa shape index (κ3) is 2.41. The Bertz CT molecular complexity index is 621. The maximum Gasteiger partial charge on any atom is 0.128 e. The third-order valence-corrected chi connectivity index (χ3v) is 7.43. The Kier molecular flexibility index (Phi) is 3.50. The molecule has 5 saturated carbocycles. The normalized spacial score (nSPS) is 38.4. The smallest absolute Gasteiger partial charge is 0.128 e. The Labute approximate surface area is 145 Å². The van der Waals surface area contributed by atoms with Gasteiger partial charge in [-0.3, -0.25) is 4.99 Å². The first-order chi connectivity index (χ1) is 11.7. The molecule has 2 nitrogen and oxygen atoms in total. The lowest BCUT2D eigenvalue weighted by molar-refractivity contribution is -0.00613. The van der Waals surface area contributed by atoms with Crippen LogP contribution in [-0.4, -0.2) is 17.4 Å². The quantitative estimate of drug-likeness (QED) is 0.760. The predicted octanol–water partition coefficient (Wildman–Crippen LogP) is 5.22. The molecular formula is C22H29NO. The Balaban J connectivity index is 1.47. The maximum absolute atomic E-state index is 11.0. The molecule has 5 aliphatic rings. The van der Waals surface area contributed by atoms with Crippen molar-refractivity contribution in [2.45, 2.75) is 75.7 Å². The molecule has 0 saturated heterocycles. The van der Waals surface area contributed by atoms with Crippen LogP contribution in [0.4, 0.5) is 0 Å². The highest BCUT2D eigenvalue weighted by Gasteiger charge is 2.52. The fourth-order valence-electron chi connectivity index (χ4n) is 6.77. The van der Waals surface area contributed by atoms with E-state index in [0.717, 1.165) is 23.3 Å². The average molecular weight is 323 g/mol. The number of phenols is 1. The van der Waals surface area contributed by atoms with Crippen LogP contribution in [0.2, 0.25) is 0 Å².